The molecule has 0 saturated heterocycles. The van der Waals surface area contributed by atoms with E-state index < -0.39 is 10.0 Å². The molecule has 5 nitrogen and oxygen atoms in total. The summed E-state index contributed by atoms with van der Waals surface area (Å²) in [5.74, 6) is 0. The summed E-state index contributed by atoms with van der Waals surface area (Å²) in [7, 11) is -3.63. The summed E-state index contributed by atoms with van der Waals surface area (Å²) >= 11 is 6.87. The predicted octanol–water partition coefficient (Wildman–Crippen LogP) is 2.30. The summed E-state index contributed by atoms with van der Waals surface area (Å²) in [6.45, 7) is 1.74. The number of aromatic nitrogens is 2. The summed E-state index contributed by atoms with van der Waals surface area (Å²) in [6.07, 6.45) is 2.80. The lowest BCUT2D eigenvalue weighted by Crippen LogP contribution is -2.12. The van der Waals surface area contributed by atoms with Gasteiger partial charge in [0.25, 0.3) is 10.0 Å². The molecule has 17 heavy (non-hydrogen) atoms. The van der Waals surface area contributed by atoms with Crippen LogP contribution in [-0.2, 0) is 10.0 Å². The van der Waals surface area contributed by atoms with E-state index in [1.165, 1.54) is 12.4 Å². The Bertz CT molecular complexity index is 639. The third kappa shape index (κ3) is 2.74. The van der Waals surface area contributed by atoms with Crippen LogP contribution in [-0.4, -0.2) is 18.4 Å². The molecule has 0 unspecified atom stereocenters. The third-order valence-corrected chi connectivity index (χ3v) is 4.91. The van der Waals surface area contributed by atoms with E-state index in [9.17, 15) is 8.42 Å². The third-order valence-electron chi connectivity index (χ3n) is 1.87. The summed E-state index contributed by atoms with van der Waals surface area (Å²) in [5, 5.41) is 0.792. The predicted molar refractivity (Wildman–Crippen MR) is 66.9 cm³/mol. The van der Waals surface area contributed by atoms with E-state index >= 15 is 0 Å². The van der Waals surface area contributed by atoms with Gasteiger partial charge < -0.3 is 0 Å². The van der Waals surface area contributed by atoms with Gasteiger partial charge in [-0.25, -0.2) is 18.4 Å². The first-order valence-corrected chi connectivity index (χ1v) is 7.22. The van der Waals surface area contributed by atoms with Crippen LogP contribution >= 0.6 is 22.9 Å². The Kier molecular flexibility index (Phi) is 3.32. The second-order valence-corrected chi connectivity index (χ2v) is 6.65. The van der Waals surface area contributed by atoms with Crippen molar-refractivity contribution in [2.75, 3.05) is 4.72 Å². The van der Waals surface area contributed by atoms with Crippen molar-refractivity contribution in [1.82, 2.24) is 9.97 Å². The Labute approximate surface area is 108 Å². The van der Waals surface area contributed by atoms with Gasteiger partial charge in [-0.1, -0.05) is 11.6 Å². The lowest BCUT2D eigenvalue weighted by Gasteiger charge is -2.06. The number of rotatable bonds is 3. The lowest BCUT2D eigenvalue weighted by molar-refractivity contribution is 0.603. The van der Waals surface area contributed by atoms with Crippen molar-refractivity contribution in [2.45, 2.75) is 11.1 Å². The van der Waals surface area contributed by atoms with E-state index in [1.807, 2.05) is 0 Å². The van der Waals surface area contributed by atoms with Crippen molar-refractivity contribution in [3.05, 3.63) is 34.7 Å². The zero-order chi connectivity index (χ0) is 12.5. The number of sulfonamides is 1. The standard InChI is InChI=1S/C9H8ClN3O2S2/c1-6-12-5-8(16-6)17(14,15)13-7-3-2-4-11-9(7)10/h2-5,13H,1H3. The van der Waals surface area contributed by atoms with Crippen molar-refractivity contribution < 1.29 is 8.42 Å². The second kappa shape index (κ2) is 4.59. The number of pyridine rings is 1. The quantitative estimate of drug-likeness (QED) is 0.880. The molecule has 0 aliphatic heterocycles. The topological polar surface area (TPSA) is 72.0 Å². The molecule has 8 heteroatoms. The average Bonchev–Trinajstić information content (AvgIpc) is 2.69. The first-order valence-electron chi connectivity index (χ1n) is 4.55. The second-order valence-electron chi connectivity index (χ2n) is 3.15. The molecule has 0 atom stereocenters. The van der Waals surface area contributed by atoms with Gasteiger partial charge in [0, 0.05) is 6.20 Å². The number of hydrogen-bond donors (Lipinski definition) is 1. The first-order chi connectivity index (χ1) is 7.99. The SMILES string of the molecule is Cc1ncc(S(=O)(=O)Nc2cccnc2Cl)s1. The molecule has 0 amide bonds. The number of aryl methyl sites for hydroxylation is 1. The minimum Gasteiger partial charge on any atom is -0.276 e. The number of anilines is 1. The van der Waals surface area contributed by atoms with Crippen LogP contribution in [0, 0.1) is 6.92 Å². The monoisotopic (exact) mass is 289 g/mol. The zero-order valence-electron chi connectivity index (χ0n) is 8.71. The fourth-order valence-corrected chi connectivity index (χ4v) is 3.52. The Balaban J connectivity index is 2.33. The average molecular weight is 290 g/mol. The highest BCUT2D eigenvalue weighted by Crippen LogP contribution is 2.24. The first kappa shape index (κ1) is 12.3. The van der Waals surface area contributed by atoms with Crippen LogP contribution in [0.2, 0.25) is 5.15 Å². The zero-order valence-corrected chi connectivity index (χ0v) is 11.1. The van der Waals surface area contributed by atoms with Gasteiger partial charge in [-0.2, -0.15) is 0 Å². The number of thiazole rings is 1. The van der Waals surface area contributed by atoms with Crippen LogP contribution in [0.1, 0.15) is 5.01 Å². The van der Waals surface area contributed by atoms with Crippen molar-refractivity contribution >= 4 is 38.6 Å². The maximum absolute atomic E-state index is 11.9. The van der Waals surface area contributed by atoms with Gasteiger partial charge in [0.15, 0.2) is 9.36 Å². The van der Waals surface area contributed by atoms with Crippen LogP contribution in [0.15, 0.2) is 28.7 Å². The highest BCUT2D eigenvalue weighted by atomic mass is 35.5. The van der Waals surface area contributed by atoms with E-state index in [-0.39, 0.29) is 15.0 Å². The smallest absolute Gasteiger partial charge is 0.273 e. The molecular weight excluding hydrogens is 282 g/mol. The lowest BCUT2D eigenvalue weighted by atomic mass is 10.4. The summed E-state index contributed by atoms with van der Waals surface area (Å²) in [4.78, 5) is 7.69. The van der Waals surface area contributed by atoms with Crippen molar-refractivity contribution in [2.24, 2.45) is 0 Å². The highest BCUT2D eigenvalue weighted by Gasteiger charge is 2.18. The summed E-state index contributed by atoms with van der Waals surface area (Å²) in [6, 6.07) is 3.14. The number of nitrogens with one attached hydrogen (secondary N) is 1. The molecule has 0 radical (unpaired) electrons. The van der Waals surface area contributed by atoms with Crippen LogP contribution in [0.3, 0.4) is 0 Å². The Morgan fingerprint density at radius 1 is 1.41 bits per heavy atom. The van der Waals surface area contributed by atoms with Crippen molar-refractivity contribution in [3.63, 3.8) is 0 Å². The van der Waals surface area contributed by atoms with Gasteiger partial charge in [0.1, 0.15) is 0 Å². The van der Waals surface area contributed by atoms with Gasteiger partial charge in [0.2, 0.25) is 0 Å². The van der Waals surface area contributed by atoms with Gasteiger partial charge >= 0.3 is 0 Å². The molecule has 90 valence electrons. The Hall–Kier alpha value is -1.18. The van der Waals surface area contributed by atoms with E-state index in [0.717, 1.165) is 11.3 Å². The molecule has 2 aromatic heterocycles. The summed E-state index contributed by atoms with van der Waals surface area (Å²) < 4.78 is 26.4. The Morgan fingerprint density at radius 3 is 2.76 bits per heavy atom. The molecule has 0 saturated carbocycles. The van der Waals surface area contributed by atoms with Gasteiger partial charge in [0.05, 0.1) is 16.9 Å². The molecule has 1 N–H and O–H groups in total. The van der Waals surface area contributed by atoms with Gasteiger partial charge in [-0.3, -0.25) is 4.72 Å². The van der Waals surface area contributed by atoms with Gasteiger partial charge in [-0.15, -0.1) is 11.3 Å². The fourth-order valence-electron chi connectivity index (χ4n) is 1.12. The molecule has 0 aromatic carbocycles. The van der Waals surface area contributed by atoms with Crippen LogP contribution in [0.5, 0.6) is 0 Å². The minimum absolute atomic E-state index is 0.109. The number of halogens is 1. The normalized spacial score (nSPS) is 11.4. The van der Waals surface area contributed by atoms with Crippen molar-refractivity contribution in [1.29, 1.82) is 0 Å². The van der Waals surface area contributed by atoms with Gasteiger partial charge in [-0.05, 0) is 19.1 Å². The molecule has 0 fully saturated rings. The molecule has 0 bridgehead atoms. The van der Waals surface area contributed by atoms with E-state index in [1.54, 1.807) is 19.1 Å². The maximum atomic E-state index is 11.9. The fraction of sp³-hybridized carbons (Fsp3) is 0.111. The highest BCUT2D eigenvalue weighted by molar-refractivity contribution is 7.94. The Morgan fingerprint density at radius 2 is 2.18 bits per heavy atom. The van der Waals surface area contributed by atoms with E-state index in [2.05, 4.69) is 14.7 Å². The largest absolute Gasteiger partial charge is 0.276 e. The molecule has 0 aliphatic rings. The maximum Gasteiger partial charge on any atom is 0.273 e. The van der Waals surface area contributed by atoms with Crippen LogP contribution in [0.25, 0.3) is 0 Å². The van der Waals surface area contributed by atoms with Crippen LogP contribution in [0.4, 0.5) is 5.69 Å². The molecule has 2 aromatic rings. The molecule has 0 spiro atoms. The number of nitrogens with zero attached hydrogens (tertiary/aromatic N) is 2. The molecule has 0 aliphatic carbocycles. The van der Waals surface area contributed by atoms with Crippen molar-refractivity contribution in [3.8, 4) is 0 Å². The molecule has 2 heterocycles. The van der Waals surface area contributed by atoms with Crippen LogP contribution < -0.4 is 4.72 Å². The molecule has 2 rings (SSSR count). The minimum atomic E-state index is -3.63. The molecular formula is C9H8ClN3O2S2. The van der Waals surface area contributed by atoms with E-state index in [4.69, 9.17) is 11.6 Å². The summed E-state index contributed by atoms with van der Waals surface area (Å²) in [5.41, 5.74) is 0.250. The number of hydrogen-bond acceptors (Lipinski definition) is 5. The van der Waals surface area contributed by atoms with E-state index in [0.29, 0.717) is 5.01 Å².